The van der Waals surface area contributed by atoms with Crippen LogP contribution in [-0.2, 0) is 6.18 Å². The number of hydrogen-bond acceptors (Lipinski definition) is 3. The molecule has 0 aromatic heterocycles. The van der Waals surface area contributed by atoms with Gasteiger partial charge in [-0.05, 0) is 6.07 Å². The van der Waals surface area contributed by atoms with Crippen molar-refractivity contribution in [2.75, 3.05) is 0 Å². The van der Waals surface area contributed by atoms with Crippen LogP contribution in [0.2, 0.25) is 5.02 Å². The van der Waals surface area contributed by atoms with Gasteiger partial charge in [0.1, 0.15) is 5.02 Å². The van der Waals surface area contributed by atoms with E-state index in [9.17, 15) is 28.1 Å². The third-order valence-electron chi connectivity index (χ3n) is 1.80. The Hall–Kier alpha value is -1.83. The molecule has 9 heteroatoms. The molecule has 1 aromatic rings. The molecule has 0 fully saturated rings. The number of nitrogens with zero attached hydrogens (tertiary/aromatic N) is 1. The standard InChI is InChI=1S/C8H3ClF3NO4/c9-6-4(8(10,11)12)1-3(7(14)15)2-5(6)13(16)17/h1-2H,(H,14,15). The fourth-order valence-electron chi connectivity index (χ4n) is 1.07. The third-order valence-corrected chi connectivity index (χ3v) is 2.20. The molecular weight excluding hydrogens is 267 g/mol. The number of rotatable bonds is 2. The number of nitro groups is 1. The fourth-order valence-corrected chi connectivity index (χ4v) is 1.36. The number of carboxylic acids is 1. The van der Waals surface area contributed by atoms with E-state index in [0.717, 1.165) is 0 Å². The summed E-state index contributed by atoms with van der Waals surface area (Å²) >= 11 is 5.21. The lowest BCUT2D eigenvalue weighted by Gasteiger charge is -2.09. The Balaban J connectivity index is 3.60. The minimum Gasteiger partial charge on any atom is -0.478 e. The first kappa shape index (κ1) is 13.2. The van der Waals surface area contributed by atoms with Crippen LogP contribution in [0, 0.1) is 10.1 Å². The van der Waals surface area contributed by atoms with Crippen LogP contribution < -0.4 is 0 Å². The number of carbonyl (C=O) groups is 1. The molecule has 0 saturated heterocycles. The highest BCUT2D eigenvalue weighted by molar-refractivity contribution is 6.33. The van der Waals surface area contributed by atoms with Crippen LogP contribution in [0.1, 0.15) is 15.9 Å². The van der Waals surface area contributed by atoms with Gasteiger partial charge in [0.05, 0.1) is 16.1 Å². The van der Waals surface area contributed by atoms with Gasteiger partial charge >= 0.3 is 12.1 Å². The normalized spacial score (nSPS) is 11.3. The third kappa shape index (κ3) is 2.64. The Kier molecular flexibility index (Phi) is 3.28. The second kappa shape index (κ2) is 4.21. The molecule has 0 unspecified atom stereocenters. The minimum absolute atomic E-state index is 0.248. The van der Waals surface area contributed by atoms with Crippen molar-refractivity contribution in [3.05, 3.63) is 38.4 Å². The summed E-state index contributed by atoms with van der Waals surface area (Å²) in [4.78, 5) is 19.8. The second-order valence-electron chi connectivity index (χ2n) is 2.92. The van der Waals surface area contributed by atoms with Crippen LogP contribution in [0.25, 0.3) is 0 Å². The number of benzene rings is 1. The minimum atomic E-state index is -4.96. The molecular formula is C8H3ClF3NO4. The SMILES string of the molecule is O=C(O)c1cc([N+](=O)[O-])c(Cl)c(C(F)(F)F)c1. The molecule has 0 bridgehead atoms. The van der Waals surface area contributed by atoms with Crippen molar-refractivity contribution in [3.8, 4) is 0 Å². The largest absolute Gasteiger partial charge is 0.478 e. The van der Waals surface area contributed by atoms with Gasteiger partial charge in [0.15, 0.2) is 0 Å². The average molecular weight is 270 g/mol. The number of hydrogen-bond donors (Lipinski definition) is 1. The average Bonchev–Trinajstić information content (AvgIpc) is 2.15. The van der Waals surface area contributed by atoms with E-state index in [1.807, 2.05) is 0 Å². The van der Waals surface area contributed by atoms with Crippen molar-refractivity contribution >= 4 is 23.3 Å². The van der Waals surface area contributed by atoms with Crippen molar-refractivity contribution < 1.29 is 28.0 Å². The van der Waals surface area contributed by atoms with Gasteiger partial charge in [0, 0.05) is 6.07 Å². The number of nitro benzene ring substituents is 1. The maximum Gasteiger partial charge on any atom is 0.418 e. The summed E-state index contributed by atoms with van der Waals surface area (Å²) in [6.07, 6.45) is -4.96. The van der Waals surface area contributed by atoms with Crippen molar-refractivity contribution in [3.63, 3.8) is 0 Å². The Bertz CT molecular complexity index is 500. The summed E-state index contributed by atoms with van der Waals surface area (Å²) < 4.78 is 37.3. The molecule has 0 spiro atoms. The van der Waals surface area contributed by atoms with Crippen molar-refractivity contribution in [1.82, 2.24) is 0 Å². The molecule has 1 rings (SSSR count). The molecule has 17 heavy (non-hydrogen) atoms. The molecule has 0 amide bonds. The maximum absolute atomic E-state index is 12.4. The summed E-state index contributed by atoms with van der Waals surface area (Å²) in [6, 6.07) is 0.720. The number of alkyl halides is 3. The van der Waals surface area contributed by atoms with Crippen LogP contribution in [0.5, 0.6) is 0 Å². The van der Waals surface area contributed by atoms with Crippen LogP contribution >= 0.6 is 11.6 Å². The zero-order valence-corrected chi connectivity index (χ0v) is 8.54. The van der Waals surface area contributed by atoms with E-state index >= 15 is 0 Å². The summed E-state index contributed by atoms with van der Waals surface area (Å²) in [6.45, 7) is 0. The van der Waals surface area contributed by atoms with E-state index < -0.39 is 38.9 Å². The molecule has 1 aromatic carbocycles. The van der Waals surface area contributed by atoms with E-state index in [1.165, 1.54) is 0 Å². The smallest absolute Gasteiger partial charge is 0.418 e. The lowest BCUT2D eigenvalue weighted by atomic mass is 10.1. The van der Waals surface area contributed by atoms with Crippen molar-refractivity contribution in [1.29, 1.82) is 0 Å². The maximum atomic E-state index is 12.4. The number of aromatic carboxylic acids is 1. The van der Waals surface area contributed by atoms with Crippen LogP contribution in [0.4, 0.5) is 18.9 Å². The lowest BCUT2D eigenvalue weighted by Crippen LogP contribution is -2.10. The monoisotopic (exact) mass is 269 g/mol. The zero-order chi connectivity index (χ0) is 13.4. The summed E-state index contributed by atoms with van der Waals surface area (Å²) in [7, 11) is 0. The van der Waals surface area contributed by atoms with Crippen molar-refractivity contribution in [2.24, 2.45) is 0 Å². The predicted octanol–water partition coefficient (Wildman–Crippen LogP) is 2.97. The molecule has 0 radical (unpaired) electrons. The van der Waals surface area contributed by atoms with Gasteiger partial charge in [-0.1, -0.05) is 11.6 Å². The Morgan fingerprint density at radius 2 is 1.94 bits per heavy atom. The first-order chi connectivity index (χ1) is 7.64. The summed E-state index contributed by atoms with van der Waals surface area (Å²) in [5.41, 5.74) is -3.50. The molecule has 0 saturated carbocycles. The first-order valence-corrected chi connectivity index (χ1v) is 4.31. The predicted molar refractivity (Wildman–Crippen MR) is 50.1 cm³/mol. The molecule has 0 aliphatic rings. The molecule has 5 nitrogen and oxygen atoms in total. The Morgan fingerprint density at radius 1 is 1.41 bits per heavy atom. The molecule has 92 valence electrons. The summed E-state index contributed by atoms with van der Waals surface area (Å²) in [5.74, 6) is -1.71. The van der Waals surface area contributed by atoms with Gasteiger partial charge in [-0.3, -0.25) is 10.1 Å². The quantitative estimate of drug-likeness (QED) is 0.661. The van der Waals surface area contributed by atoms with Crippen molar-refractivity contribution in [2.45, 2.75) is 6.18 Å². The van der Waals surface area contributed by atoms with E-state index in [0.29, 0.717) is 6.07 Å². The van der Waals surface area contributed by atoms with Gasteiger partial charge in [0.2, 0.25) is 0 Å². The highest BCUT2D eigenvalue weighted by atomic mass is 35.5. The van der Waals surface area contributed by atoms with E-state index in [4.69, 9.17) is 16.7 Å². The van der Waals surface area contributed by atoms with Crippen LogP contribution in [0.15, 0.2) is 12.1 Å². The van der Waals surface area contributed by atoms with Gasteiger partial charge in [0.25, 0.3) is 5.69 Å². The van der Waals surface area contributed by atoms with Gasteiger partial charge in [-0.2, -0.15) is 13.2 Å². The topological polar surface area (TPSA) is 80.4 Å². The van der Waals surface area contributed by atoms with E-state index in [2.05, 4.69) is 0 Å². The Morgan fingerprint density at radius 3 is 2.29 bits per heavy atom. The molecule has 0 heterocycles. The van der Waals surface area contributed by atoms with E-state index in [-0.39, 0.29) is 6.07 Å². The lowest BCUT2D eigenvalue weighted by molar-refractivity contribution is -0.385. The molecule has 0 aliphatic carbocycles. The number of halogens is 4. The second-order valence-corrected chi connectivity index (χ2v) is 3.29. The Labute approximate surface area is 96.6 Å². The highest BCUT2D eigenvalue weighted by Gasteiger charge is 2.37. The van der Waals surface area contributed by atoms with Gasteiger partial charge < -0.3 is 5.11 Å². The fraction of sp³-hybridized carbons (Fsp3) is 0.125. The van der Waals surface area contributed by atoms with Gasteiger partial charge in [-0.25, -0.2) is 4.79 Å². The first-order valence-electron chi connectivity index (χ1n) is 3.93. The summed E-state index contributed by atoms with van der Waals surface area (Å²) in [5, 5.41) is 17.8. The van der Waals surface area contributed by atoms with Crippen LogP contribution in [-0.4, -0.2) is 16.0 Å². The molecule has 0 atom stereocenters. The van der Waals surface area contributed by atoms with Gasteiger partial charge in [-0.15, -0.1) is 0 Å². The number of carboxylic acid groups (broad SMARTS) is 1. The van der Waals surface area contributed by atoms with Crippen LogP contribution in [0.3, 0.4) is 0 Å². The zero-order valence-electron chi connectivity index (χ0n) is 7.79. The molecule has 0 aliphatic heterocycles. The highest BCUT2D eigenvalue weighted by Crippen LogP contribution is 2.40. The molecule has 1 N–H and O–H groups in total. The van der Waals surface area contributed by atoms with E-state index in [1.54, 1.807) is 0 Å².